The quantitative estimate of drug-likeness (QED) is 0.641. The van der Waals surface area contributed by atoms with Crippen molar-refractivity contribution >= 4 is 23.5 Å². The number of carbonyl (C=O) groups excluding carboxylic acids is 2. The number of nitrogens with one attached hydrogen (secondary N) is 1. The van der Waals surface area contributed by atoms with Crippen LogP contribution in [0, 0.1) is 0 Å². The lowest BCUT2D eigenvalue weighted by Gasteiger charge is -2.08. The molecule has 0 radical (unpaired) electrons. The minimum atomic E-state index is -0.494. The summed E-state index contributed by atoms with van der Waals surface area (Å²) in [6.45, 7) is 3.29. The average molecular weight is 398 g/mol. The minimum absolute atomic E-state index is 0.215. The maximum atomic E-state index is 12.7. The molecule has 0 bridgehead atoms. The molecule has 3 rings (SSSR count). The molecule has 3 aromatic rings. The summed E-state index contributed by atoms with van der Waals surface area (Å²) >= 11 is 5.97. The summed E-state index contributed by atoms with van der Waals surface area (Å²) in [6, 6.07) is 16.5. The lowest BCUT2D eigenvalue weighted by atomic mass is 10.1. The molecular weight excluding hydrogens is 378 g/mol. The van der Waals surface area contributed by atoms with E-state index in [9.17, 15) is 9.59 Å². The summed E-state index contributed by atoms with van der Waals surface area (Å²) in [5, 5.41) is 7.76. The van der Waals surface area contributed by atoms with Crippen molar-refractivity contribution in [3.8, 4) is 16.9 Å². The SMILES string of the molecule is CC(C)OC(=O)CNC(=O)c1cn(-c2ccccc2)nc1-c1ccc(Cl)cc1. The Morgan fingerprint density at radius 2 is 1.79 bits per heavy atom. The fraction of sp³-hybridized carbons (Fsp3) is 0.190. The molecule has 28 heavy (non-hydrogen) atoms. The summed E-state index contributed by atoms with van der Waals surface area (Å²) in [7, 11) is 0. The van der Waals surface area contributed by atoms with Crippen LogP contribution in [-0.4, -0.2) is 34.3 Å². The van der Waals surface area contributed by atoms with Crippen molar-refractivity contribution in [1.29, 1.82) is 0 Å². The molecule has 0 spiro atoms. The molecule has 7 heteroatoms. The number of benzene rings is 2. The van der Waals surface area contributed by atoms with E-state index >= 15 is 0 Å². The van der Waals surface area contributed by atoms with Crippen LogP contribution in [0.25, 0.3) is 16.9 Å². The lowest BCUT2D eigenvalue weighted by molar-refractivity contribution is -0.146. The van der Waals surface area contributed by atoms with E-state index in [-0.39, 0.29) is 12.6 Å². The number of esters is 1. The number of para-hydroxylation sites is 1. The summed E-state index contributed by atoms with van der Waals surface area (Å²) in [5.41, 5.74) is 2.41. The molecule has 2 aromatic carbocycles. The normalized spacial score (nSPS) is 10.7. The summed E-state index contributed by atoms with van der Waals surface area (Å²) < 4.78 is 6.68. The van der Waals surface area contributed by atoms with Crippen molar-refractivity contribution < 1.29 is 14.3 Å². The van der Waals surface area contributed by atoms with Crippen LogP contribution >= 0.6 is 11.6 Å². The predicted octanol–water partition coefficient (Wildman–Crippen LogP) is 3.87. The molecule has 0 saturated heterocycles. The molecule has 1 amide bonds. The van der Waals surface area contributed by atoms with Gasteiger partial charge in [-0.05, 0) is 38.1 Å². The molecule has 0 aliphatic rings. The maximum Gasteiger partial charge on any atom is 0.325 e. The fourth-order valence-corrected chi connectivity index (χ4v) is 2.75. The third kappa shape index (κ3) is 4.78. The van der Waals surface area contributed by atoms with Crippen LogP contribution in [0.15, 0.2) is 60.8 Å². The van der Waals surface area contributed by atoms with Gasteiger partial charge in [0.1, 0.15) is 12.2 Å². The van der Waals surface area contributed by atoms with Gasteiger partial charge in [0, 0.05) is 16.8 Å². The summed E-state index contributed by atoms with van der Waals surface area (Å²) in [5.74, 6) is -0.903. The average Bonchev–Trinajstić information content (AvgIpc) is 3.12. The molecule has 1 aromatic heterocycles. The predicted molar refractivity (Wildman–Crippen MR) is 108 cm³/mol. The van der Waals surface area contributed by atoms with Gasteiger partial charge in [-0.25, -0.2) is 4.68 Å². The first-order valence-electron chi connectivity index (χ1n) is 8.83. The third-order valence-electron chi connectivity index (χ3n) is 3.86. The third-order valence-corrected chi connectivity index (χ3v) is 4.11. The Hall–Kier alpha value is -3.12. The van der Waals surface area contributed by atoms with Crippen LogP contribution in [0.5, 0.6) is 0 Å². The van der Waals surface area contributed by atoms with Crippen LogP contribution < -0.4 is 5.32 Å². The highest BCUT2D eigenvalue weighted by atomic mass is 35.5. The largest absolute Gasteiger partial charge is 0.462 e. The van der Waals surface area contributed by atoms with Crippen molar-refractivity contribution in [2.24, 2.45) is 0 Å². The van der Waals surface area contributed by atoms with Crippen LogP contribution in [-0.2, 0) is 9.53 Å². The van der Waals surface area contributed by atoms with Gasteiger partial charge in [0.2, 0.25) is 0 Å². The van der Waals surface area contributed by atoms with E-state index in [1.54, 1.807) is 49.0 Å². The number of amides is 1. The molecule has 0 aliphatic heterocycles. The molecule has 1 heterocycles. The lowest BCUT2D eigenvalue weighted by Crippen LogP contribution is -2.31. The second-order valence-electron chi connectivity index (χ2n) is 6.40. The van der Waals surface area contributed by atoms with Gasteiger partial charge in [0.15, 0.2) is 0 Å². The highest BCUT2D eigenvalue weighted by Crippen LogP contribution is 2.25. The van der Waals surface area contributed by atoms with Crippen molar-refractivity contribution in [1.82, 2.24) is 15.1 Å². The van der Waals surface area contributed by atoms with Gasteiger partial charge >= 0.3 is 5.97 Å². The molecule has 0 saturated carbocycles. The number of hydrogen-bond donors (Lipinski definition) is 1. The first-order chi connectivity index (χ1) is 13.4. The van der Waals surface area contributed by atoms with Crippen molar-refractivity contribution in [2.45, 2.75) is 20.0 Å². The molecule has 0 unspecified atom stereocenters. The highest BCUT2D eigenvalue weighted by Gasteiger charge is 2.19. The number of halogens is 1. The van der Waals surface area contributed by atoms with Gasteiger partial charge in [0.05, 0.1) is 17.4 Å². The van der Waals surface area contributed by atoms with Gasteiger partial charge < -0.3 is 10.1 Å². The second kappa shape index (κ2) is 8.71. The van der Waals surface area contributed by atoms with Crippen molar-refractivity contribution in [3.05, 3.63) is 71.4 Å². The smallest absolute Gasteiger partial charge is 0.325 e. The van der Waals surface area contributed by atoms with E-state index in [0.717, 1.165) is 11.3 Å². The van der Waals surface area contributed by atoms with Crippen LogP contribution in [0.3, 0.4) is 0 Å². The molecule has 6 nitrogen and oxygen atoms in total. The monoisotopic (exact) mass is 397 g/mol. The first kappa shape index (κ1) is 19.6. The van der Waals surface area contributed by atoms with Crippen molar-refractivity contribution in [2.75, 3.05) is 6.54 Å². The van der Waals surface area contributed by atoms with Crippen LogP contribution in [0.1, 0.15) is 24.2 Å². The zero-order valence-corrected chi connectivity index (χ0v) is 16.3. The van der Waals surface area contributed by atoms with E-state index in [1.807, 2.05) is 30.3 Å². The van der Waals surface area contributed by atoms with Gasteiger partial charge in [-0.3, -0.25) is 9.59 Å². The van der Waals surface area contributed by atoms with E-state index in [4.69, 9.17) is 16.3 Å². The fourth-order valence-electron chi connectivity index (χ4n) is 2.63. The molecule has 0 aliphatic carbocycles. The second-order valence-corrected chi connectivity index (χ2v) is 6.84. The number of aromatic nitrogens is 2. The Morgan fingerprint density at radius 3 is 2.43 bits per heavy atom. The number of hydrogen-bond acceptors (Lipinski definition) is 4. The Kier molecular flexibility index (Phi) is 6.11. The van der Waals surface area contributed by atoms with Gasteiger partial charge in [-0.15, -0.1) is 0 Å². The van der Waals surface area contributed by atoms with Crippen LogP contribution in [0.2, 0.25) is 5.02 Å². The van der Waals surface area contributed by atoms with Crippen molar-refractivity contribution in [3.63, 3.8) is 0 Å². The number of ether oxygens (including phenoxy) is 1. The molecule has 0 fully saturated rings. The Labute approximate surface area is 168 Å². The summed E-state index contributed by atoms with van der Waals surface area (Å²) in [4.78, 5) is 24.5. The molecule has 144 valence electrons. The molecular formula is C21H20ClN3O3. The zero-order valence-electron chi connectivity index (χ0n) is 15.6. The number of nitrogens with zero attached hydrogens (tertiary/aromatic N) is 2. The van der Waals surface area contributed by atoms with E-state index in [2.05, 4.69) is 10.4 Å². The highest BCUT2D eigenvalue weighted by molar-refractivity contribution is 6.30. The van der Waals surface area contributed by atoms with E-state index in [0.29, 0.717) is 16.3 Å². The van der Waals surface area contributed by atoms with Gasteiger partial charge in [-0.2, -0.15) is 5.10 Å². The standard InChI is InChI=1S/C21H20ClN3O3/c1-14(2)28-19(26)12-23-21(27)18-13-25(17-6-4-3-5-7-17)24-20(18)15-8-10-16(22)11-9-15/h3-11,13-14H,12H2,1-2H3,(H,23,27). The summed E-state index contributed by atoms with van der Waals surface area (Å²) in [6.07, 6.45) is 1.40. The molecule has 1 N–H and O–H groups in total. The van der Waals surface area contributed by atoms with E-state index in [1.165, 1.54) is 0 Å². The van der Waals surface area contributed by atoms with Gasteiger partial charge in [0.25, 0.3) is 5.91 Å². The van der Waals surface area contributed by atoms with E-state index < -0.39 is 11.9 Å². The maximum absolute atomic E-state index is 12.7. The first-order valence-corrected chi connectivity index (χ1v) is 9.20. The Bertz CT molecular complexity index is 966. The Morgan fingerprint density at radius 1 is 1.11 bits per heavy atom. The van der Waals surface area contributed by atoms with Crippen LogP contribution in [0.4, 0.5) is 0 Å². The minimum Gasteiger partial charge on any atom is -0.462 e. The zero-order chi connectivity index (χ0) is 20.1. The Balaban J connectivity index is 1.91. The van der Waals surface area contributed by atoms with Gasteiger partial charge in [-0.1, -0.05) is 41.9 Å². The molecule has 0 atom stereocenters. The topological polar surface area (TPSA) is 73.2 Å². The number of rotatable bonds is 6. The number of carbonyl (C=O) groups is 2.